The van der Waals surface area contributed by atoms with Crippen LogP contribution in [0.4, 0.5) is 26.3 Å². The van der Waals surface area contributed by atoms with Gasteiger partial charge in [-0.3, -0.25) is 5.41 Å². The van der Waals surface area contributed by atoms with Gasteiger partial charge in [0.1, 0.15) is 0 Å². The molecule has 7 rings (SSSR count). The standard InChI is InChI=1S/C35H17F6N3/c36-34(37,38)20-11-13-22-24(15-20)32(43)30-26(18-7-3-1-4-8-18)29-23-14-12-21(35(39,40)41)16-25(23)33(44-17-42)31(29)27(28(22)30)19-9-5-2-6-10-19/h1-16,43H. The van der Waals surface area contributed by atoms with E-state index in [9.17, 15) is 37.0 Å². The zero-order valence-electron chi connectivity index (χ0n) is 22.4. The van der Waals surface area contributed by atoms with Crippen molar-refractivity contribution in [2.45, 2.75) is 12.4 Å². The first-order valence-electron chi connectivity index (χ1n) is 13.4. The molecule has 0 aromatic heterocycles. The lowest BCUT2D eigenvalue weighted by molar-refractivity contribution is -0.138. The van der Waals surface area contributed by atoms with Crippen molar-refractivity contribution in [2.75, 3.05) is 0 Å². The fourth-order valence-corrected chi connectivity index (χ4v) is 6.28. The van der Waals surface area contributed by atoms with Gasteiger partial charge in [0.05, 0.1) is 21.8 Å². The smallest absolute Gasteiger partial charge is 0.300 e. The second kappa shape index (κ2) is 9.51. The summed E-state index contributed by atoms with van der Waals surface area (Å²) in [7, 11) is 0. The molecule has 7 aromatic carbocycles. The highest BCUT2D eigenvalue weighted by Crippen LogP contribution is 2.48. The molecule has 0 saturated carbocycles. The molecule has 0 saturated heterocycles. The van der Waals surface area contributed by atoms with Gasteiger partial charge in [-0.1, -0.05) is 72.8 Å². The summed E-state index contributed by atoms with van der Waals surface area (Å²) in [5, 5.41) is 21.5. The van der Waals surface area contributed by atoms with Gasteiger partial charge in [-0.15, -0.1) is 0 Å². The average molecular weight is 594 g/mol. The Kier molecular flexibility index (Phi) is 5.91. The van der Waals surface area contributed by atoms with Gasteiger partial charge in [-0.25, -0.2) is 0 Å². The molecule has 0 bridgehead atoms. The molecule has 3 nitrogen and oxygen atoms in total. The van der Waals surface area contributed by atoms with E-state index in [4.69, 9.17) is 0 Å². The normalized spacial score (nSPS) is 13.0. The summed E-state index contributed by atoms with van der Waals surface area (Å²) in [6, 6.07) is 24.2. The van der Waals surface area contributed by atoms with Crippen molar-refractivity contribution in [3.8, 4) is 28.4 Å². The first-order valence-corrected chi connectivity index (χ1v) is 13.4. The van der Waals surface area contributed by atoms with Crippen molar-refractivity contribution in [2.24, 2.45) is 4.99 Å². The maximum absolute atomic E-state index is 13.9. The molecular formula is C35H17F6N3. The van der Waals surface area contributed by atoms with E-state index < -0.39 is 23.5 Å². The fourth-order valence-electron chi connectivity index (χ4n) is 6.28. The predicted molar refractivity (Wildman–Crippen MR) is 157 cm³/mol. The number of rotatable bonds is 2. The van der Waals surface area contributed by atoms with E-state index in [-0.39, 0.29) is 21.5 Å². The fraction of sp³-hybridized carbons (Fsp3) is 0.0571. The number of fused-ring (bicyclic) bond motifs is 6. The van der Waals surface area contributed by atoms with Crippen LogP contribution in [0.2, 0.25) is 0 Å². The van der Waals surface area contributed by atoms with Crippen LogP contribution in [-0.4, -0.2) is 0 Å². The number of hydrogen-bond acceptors (Lipinski definition) is 3. The lowest BCUT2D eigenvalue weighted by Crippen LogP contribution is -2.06. The Morgan fingerprint density at radius 1 is 0.545 bits per heavy atom. The molecule has 0 aliphatic carbocycles. The topological polar surface area (TPSA) is 60.0 Å². The lowest BCUT2D eigenvalue weighted by Gasteiger charge is -2.14. The maximum Gasteiger partial charge on any atom is 0.416 e. The first-order chi connectivity index (χ1) is 21.0. The SMILES string of the molecule is N#CN=c1c2cc(C(F)(F)F)ccc2c2c(-c3ccccc3)c3c(=N)c4cc(C(F)(F)F)ccc4c3c(-c3ccccc3)c12. The zero-order valence-corrected chi connectivity index (χ0v) is 22.4. The van der Waals surface area contributed by atoms with Gasteiger partial charge in [0.2, 0.25) is 6.19 Å². The molecule has 0 spiro atoms. The van der Waals surface area contributed by atoms with Crippen molar-refractivity contribution < 1.29 is 26.3 Å². The van der Waals surface area contributed by atoms with E-state index in [0.717, 1.165) is 24.3 Å². The van der Waals surface area contributed by atoms with Gasteiger partial charge in [-0.2, -0.15) is 36.6 Å². The summed E-state index contributed by atoms with van der Waals surface area (Å²) in [6.07, 6.45) is -7.56. The Morgan fingerprint density at radius 3 is 1.50 bits per heavy atom. The van der Waals surface area contributed by atoms with E-state index in [0.29, 0.717) is 54.6 Å². The van der Waals surface area contributed by atoms with Crippen molar-refractivity contribution in [3.05, 3.63) is 119 Å². The number of nitrogens with zero attached hydrogens (tertiary/aromatic N) is 2. The molecule has 0 aliphatic heterocycles. The minimum atomic E-state index is -4.66. The third-order valence-electron chi connectivity index (χ3n) is 8.03. The maximum atomic E-state index is 13.9. The van der Waals surface area contributed by atoms with Gasteiger partial charge in [0, 0.05) is 43.4 Å². The zero-order chi connectivity index (χ0) is 31.0. The number of alkyl halides is 6. The minimum absolute atomic E-state index is 0.0225. The van der Waals surface area contributed by atoms with Crippen LogP contribution in [0.3, 0.4) is 0 Å². The second-order valence-electron chi connectivity index (χ2n) is 10.4. The third-order valence-corrected chi connectivity index (χ3v) is 8.03. The van der Waals surface area contributed by atoms with Crippen LogP contribution < -0.4 is 10.7 Å². The summed E-state index contributed by atoms with van der Waals surface area (Å²) in [5.74, 6) is 0. The Labute approximate surface area is 244 Å². The van der Waals surface area contributed by atoms with Gasteiger partial charge in [0.25, 0.3) is 0 Å². The van der Waals surface area contributed by atoms with Crippen LogP contribution in [0.25, 0.3) is 65.3 Å². The number of benzene rings is 5. The van der Waals surface area contributed by atoms with Gasteiger partial charge in [0.15, 0.2) is 0 Å². The van der Waals surface area contributed by atoms with Crippen molar-refractivity contribution in [1.82, 2.24) is 0 Å². The average Bonchev–Trinajstić information content (AvgIpc) is 3.48. The second-order valence-corrected chi connectivity index (χ2v) is 10.4. The van der Waals surface area contributed by atoms with Gasteiger partial charge < -0.3 is 0 Å². The Morgan fingerprint density at radius 2 is 1.00 bits per heavy atom. The molecule has 0 atom stereocenters. The number of hydrogen-bond donors (Lipinski definition) is 1. The van der Waals surface area contributed by atoms with Crippen LogP contribution in [0, 0.1) is 16.9 Å². The van der Waals surface area contributed by atoms with Crippen LogP contribution in [0.15, 0.2) is 102 Å². The van der Waals surface area contributed by atoms with Gasteiger partial charge in [-0.05, 0) is 46.2 Å². The van der Waals surface area contributed by atoms with Crippen LogP contribution in [-0.2, 0) is 12.4 Å². The number of halogens is 6. The molecule has 0 unspecified atom stereocenters. The summed E-state index contributed by atoms with van der Waals surface area (Å²) in [4.78, 5) is 4.05. The molecule has 9 heteroatoms. The summed E-state index contributed by atoms with van der Waals surface area (Å²) in [6.45, 7) is 0. The van der Waals surface area contributed by atoms with E-state index in [1.54, 1.807) is 66.9 Å². The van der Waals surface area contributed by atoms with Crippen molar-refractivity contribution >= 4 is 43.1 Å². The van der Waals surface area contributed by atoms with E-state index >= 15 is 0 Å². The van der Waals surface area contributed by atoms with E-state index in [2.05, 4.69) is 4.99 Å². The molecule has 214 valence electrons. The lowest BCUT2D eigenvalue weighted by atomic mass is 9.88. The van der Waals surface area contributed by atoms with Gasteiger partial charge >= 0.3 is 12.4 Å². The highest BCUT2D eigenvalue weighted by molar-refractivity contribution is 6.34. The predicted octanol–water partition coefficient (Wildman–Crippen LogP) is 9.41. The Balaban J connectivity index is 1.86. The summed E-state index contributed by atoms with van der Waals surface area (Å²) >= 11 is 0. The molecule has 44 heavy (non-hydrogen) atoms. The molecule has 7 aromatic rings. The third kappa shape index (κ3) is 3.98. The Bertz CT molecular complexity index is 2430. The highest BCUT2D eigenvalue weighted by Gasteiger charge is 2.34. The van der Waals surface area contributed by atoms with Crippen LogP contribution in [0.1, 0.15) is 11.1 Å². The first kappa shape index (κ1) is 27.3. The molecule has 0 aliphatic rings. The van der Waals surface area contributed by atoms with Crippen LogP contribution in [0.5, 0.6) is 0 Å². The largest absolute Gasteiger partial charge is 0.416 e. The molecular weight excluding hydrogens is 576 g/mol. The molecule has 0 radical (unpaired) electrons. The van der Waals surface area contributed by atoms with Crippen molar-refractivity contribution in [1.29, 1.82) is 10.7 Å². The van der Waals surface area contributed by atoms with Crippen LogP contribution >= 0.6 is 0 Å². The highest BCUT2D eigenvalue weighted by atomic mass is 19.4. The molecule has 0 heterocycles. The van der Waals surface area contributed by atoms with E-state index in [1.807, 2.05) is 0 Å². The summed E-state index contributed by atoms with van der Waals surface area (Å²) in [5.41, 5.74) is 0.335. The molecule has 0 amide bonds. The van der Waals surface area contributed by atoms with Crippen molar-refractivity contribution in [3.63, 3.8) is 0 Å². The summed E-state index contributed by atoms with van der Waals surface area (Å²) < 4.78 is 83.1. The molecule has 0 fully saturated rings. The number of nitrogens with one attached hydrogen (secondary N) is 1. The molecule has 1 N–H and O–H groups in total. The van der Waals surface area contributed by atoms with E-state index in [1.165, 1.54) is 12.1 Å². The minimum Gasteiger partial charge on any atom is -0.300 e. The Hall–Kier alpha value is -5.49. The monoisotopic (exact) mass is 593 g/mol. The quantitative estimate of drug-likeness (QED) is 0.158. The number of nitriles is 1.